The maximum Gasteiger partial charge on any atom is 0.416 e. The fourth-order valence-corrected chi connectivity index (χ4v) is 3.39. The third-order valence-electron chi connectivity index (χ3n) is 5.10. The molecule has 4 rings (SSSR count). The number of benzene rings is 3. The van der Waals surface area contributed by atoms with E-state index >= 15 is 0 Å². The summed E-state index contributed by atoms with van der Waals surface area (Å²) < 4.78 is 44.1. The predicted octanol–water partition coefficient (Wildman–Crippen LogP) is 6.12. The van der Waals surface area contributed by atoms with Crippen molar-refractivity contribution in [2.24, 2.45) is 0 Å². The van der Waals surface area contributed by atoms with E-state index in [1.165, 1.54) is 12.1 Å². The van der Waals surface area contributed by atoms with Crippen LogP contribution in [-0.4, -0.2) is 10.9 Å². The van der Waals surface area contributed by atoms with E-state index in [-0.39, 0.29) is 17.7 Å². The Morgan fingerprint density at radius 1 is 1.00 bits per heavy atom. The zero-order chi connectivity index (χ0) is 23.6. The predicted molar refractivity (Wildman–Crippen MR) is 120 cm³/mol. The van der Waals surface area contributed by atoms with E-state index in [1.54, 1.807) is 48.5 Å². The summed E-state index contributed by atoms with van der Waals surface area (Å²) in [4.78, 5) is 17.0. The molecule has 5 nitrogen and oxygen atoms in total. The van der Waals surface area contributed by atoms with E-state index in [0.29, 0.717) is 22.8 Å². The summed E-state index contributed by atoms with van der Waals surface area (Å²) in [6.07, 6.45) is -4.41. The van der Waals surface area contributed by atoms with Gasteiger partial charge in [0.05, 0.1) is 17.3 Å². The number of fused-ring (bicyclic) bond motifs is 1. The van der Waals surface area contributed by atoms with Crippen LogP contribution < -0.4 is 15.8 Å². The molecule has 1 aromatic heterocycles. The van der Waals surface area contributed by atoms with E-state index in [1.807, 2.05) is 13.0 Å². The molecule has 0 spiro atoms. The largest absolute Gasteiger partial charge is 0.457 e. The Morgan fingerprint density at radius 3 is 2.42 bits per heavy atom. The molecule has 0 aliphatic rings. The lowest BCUT2D eigenvalue weighted by atomic mass is 10.1. The van der Waals surface area contributed by atoms with Crippen molar-refractivity contribution in [1.29, 1.82) is 0 Å². The molecule has 0 radical (unpaired) electrons. The molecule has 1 atom stereocenters. The van der Waals surface area contributed by atoms with Crippen LogP contribution >= 0.6 is 0 Å². The van der Waals surface area contributed by atoms with Crippen molar-refractivity contribution in [3.8, 4) is 11.5 Å². The summed E-state index contributed by atoms with van der Waals surface area (Å²) in [7, 11) is 0. The van der Waals surface area contributed by atoms with Crippen LogP contribution in [0.4, 0.5) is 19.0 Å². The van der Waals surface area contributed by atoms with Crippen LogP contribution in [0.15, 0.2) is 78.9 Å². The number of halogens is 3. The topological polar surface area (TPSA) is 77.2 Å². The second-order valence-corrected chi connectivity index (χ2v) is 7.50. The number of hydrogen-bond acceptors (Lipinski definition) is 4. The molecule has 0 saturated heterocycles. The summed E-state index contributed by atoms with van der Waals surface area (Å²) in [5.41, 5.74) is 6.06. The molecule has 3 N–H and O–H groups in total. The van der Waals surface area contributed by atoms with Gasteiger partial charge in [0.1, 0.15) is 17.3 Å². The molecule has 3 aromatic carbocycles. The van der Waals surface area contributed by atoms with Crippen molar-refractivity contribution >= 4 is 22.5 Å². The number of rotatable bonds is 5. The zero-order valence-corrected chi connectivity index (χ0v) is 17.6. The number of carbonyl (C=O) groups excluding carboxylic acids is 1. The molecule has 1 amide bonds. The smallest absolute Gasteiger partial charge is 0.416 e. The minimum absolute atomic E-state index is 0.275. The van der Waals surface area contributed by atoms with Crippen molar-refractivity contribution in [3.05, 3.63) is 95.7 Å². The van der Waals surface area contributed by atoms with E-state index < -0.39 is 11.7 Å². The quantitative estimate of drug-likeness (QED) is 0.383. The standard InChI is InChI=1S/C25H20F3N3O2/c1-15(21-5-3-7-23(29)31-21)30-24(32)17-8-13-20-16(14-17)4-2-6-22(20)33-19-11-9-18(10-12-19)25(26,27)28/h2-15H,1H3,(H2,29,31)(H,30,32)/t15-/m0/s1. The number of nitrogen functional groups attached to an aromatic ring is 1. The summed E-state index contributed by atoms with van der Waals surface area (Å²) in [6.45, 7) is 1.82. The number of aromatic nitrogens is 1. The highest BCUT2D eigenvalue weighted by atomic mass is 19.4. The summed E-state index contributed by atoms with van der Waals surface area (Å²) in [5.74, 6) is 0.847. The Labute approximate surface area is 188 Å². The van der Waals surface area contributed by atoms with Crippen LogP contribution in [0.25, 0.3) is 10.8 Å². The number of pyridine rings is 1. The molecular formula is C25H20F3N3O2. The van der Waals surface area contributed by atoms with Crippen LogP contribution in [0.2, 0.25) is 0 Å². The summed E-state index contributed by atoms with van der Waals surface area (Å²) >= 11 is 0. The van der Waals surface area contributed by atoms with Crippen molar-refractivity contribution in [1.82, 2.24) is 10.3 Å². The van der Waals surface area contributed by atoms with E-state index in [9.17, 15) is 18.0 Å². The number of ether oxygens (including phenoxy) is 1. The molecule has 0 aliphatic carbocycles. The van der Waals surface area contributed by atoms with Gasteiger partial charge < -0.3 is 15.8 Å². The highest BCUT2D eigenvalue weighted by Crippen LogP contribution is 2.33. The van der Waals surface area contributed by atoms with Crippen LogP contribution in [0.1, 0.15) is 34.6 Å². The second kappa shape index (κ2) is 8.82. The van der Waals surface area contributed by atoms with Crippen molar-refractivity contribution in [2.75, 3.05) is 5.73 Å². The first-order valence-electron chi connectivity index (χ1n) is 10.1. The zero-order valence-electron chi connectivity index (χ0n) is 17.6. The van der Waals surface area contributed by atoms with Gasteiger partial charge in [-0.1, -0.05) is 18.2 Å². The molecule has 0 bridgehead atoms. The minimum atomic E-state index is -4.41. The average Bonchev–Trinajstić information content (AvgIpc) is 2.78. The van der Waals surface area contributed by atoms with Gasteiger partial charge in [0.25, 0.3) is 5.91 Å². The molecule has 1 heterocycles. The first-order valence-corrected chi connectivity index (χ1v) is 10.1. The lowest BCUT2D eigenvalue weighted by molar-refractivity contribution is -0.137. The third kappa shape index (κ3) is 5.06. The fraction of sp³-hybridized carbons (Fsp3) is 0.120. The second-order valence-electron chi connectivity index (χ2n) is 7.50. The van der Waals surface area contributed by atoms with Crippen molar-refractivity contribution in [2.45, 2.75) is 19.1 Å². The number of nitrogens with two attached hydrogens (primary N) is 1. The molecule has 0 fully saturated rings. The summed E-state index contributed by atoms with van der Waals surface area (Å²) in [6, 6.07) is 19.8. The van der Waals surface area contributed by atoms with Gasteiger partial charge in [0.15, 0.2) is 0 Å². The number of nitrogens with one attached hydrogen (secondary N) is 1. The molecule has 0 unspecified atom stereocenters. The Morgan fingerprint density at radius 2 is 1.73 bits per heavy atom. The number of amides is 1. The Hall–Kier alpha value is -4.07. The molecule has 8 heteroatoms. The SMILES string of the molecule is C[C@H](NC(=O)c1ccc2c(Oc3ccc(C(F)(F)F)cc3)cccc2c1)c1cccc(N)n1. The third-order valence-corrected chi connectivity index (χ3v) is 5.10. The first kappa shape index (κ1) is 22.1. The van der Waals surface area contributed by atoms with Crippen LogP contribution in [0.3, 0.4) is 0 Å². The Kier molecular flexibility index (Phi) is 5.91. The summed E-state index contributed by atoms with van der Waals surface area (Å²) in [5, 5.41) is 4.37. The monoisotopic (exact) mass is 451 g/mol. The van der Waals surface area contributed by atoms with Gasteiger partial charge in [0.2, 0.25) is 0 Å². The van der Waals surface area contributed by atoms with Gasteiger partial charge in [-0.3, -0.25) is 4.79 Å². The normalized spacial score (nSPS) is 12.4. The van der Waals surface area contributed by atoms with Gasteiger partial charge >= 0.3 is 6.18 Å². The lowest BCUT2D eigenvalue weighted by Gasteiger charge is -2.15. The van der Waals surface area contributed by atoms with Gasteiger partial charge in [-0.25, -0.2) is 4.98 Å². The minimum Gasteiger partial charge on any atom is -0.457 e. The lowest BCUT2D eigenvalue weighted by Crippen LogP contribution is -2.27. The molecule has 0 saturated carbocycles. The van der Waals surface area contributed by atoms with Gasteiger partial charge in [-0.05, 0) is 73.0 Å². The van der Waals surface area contributed by atoms with E-state index in [2.05, 4.69) is 10.3 Å². The van der Waals surface area contributed by atoms with Crippen LogP contribution in [-0.2, 0) is 6.18 Å². The molecule has 168 valence electrons. The van der Waals surface area contributed by atoms with Gasteiger partial charge in [0, 0.05) is 10.9 Å². The number of carbonyl (C=O) groups is 1. The Bertz CT molecular complexity index is 1300. The number of hydrogen-bond donors (Lipinski definition) is 2. The Balaban J connectivity index is 1.53. The van der Waals surface area contributed by atoms with Gasteiger partial charge in [-0.2, -0.15) is 13.2 Å². The molecule has 33 heavy (non-hydrogen) atoms. The van der Waals surface area contributed by atoms with Crippen LogP contribution in [0.5, 0.6) is 11.5 Å². The first-order chi connectivity index (χ1) is 15.7. The number of anilines is 1. The maximum atomic E-state index is 12.8. The molecule has 0 aliphatic heterocycles. The highest BCUT2D eigenvalue weighted by molar-refractivity contribution is 6.00. The number of nitrogens with zero attached hydrogens (tertiary/aromatic N) is 1. The van der Waals surface area contributed by atoms with Crippen LogP contribution in [0, 0.1) is 0 Å². The van der Waals surface area contributed by atoms with Crippen molar-refractivity contribution in [3.63, 3.8) is 0 Å². The van der Waals surface area contributed by atoms with Crippen molar-refractivity contribution < 1.29 is 22.7 Å². The maximum absolute atomic E-state index is 12.8. The fourth-order valence-electron chi connectivity index (χ4n) is 3.39. The van der Waals surface area contributed by atoms with E-state index in [4.69, 9.17) is 10.5 Å². The highest BCUT2D eigenvalue weighted by Gasteiger charge is 2.30. The van der Waals surface area contributed by atoms with Gasteiger partial charge in [-0.15, -0.1) is 0 Å². The van der Waals surface area contributed by atoms with E-state index in [0.717, 1.165) is 22.9 Å². The molecular weight excluding hydrogens is 431 g/mol. The molecule has 4 aromatic rings. The number of alkyl halides is 3. The average molecular weight is 451 g/mol.